The molecule has 4 rings (SSSR count). The summed E-state index contributed by atoms with van der Waals surface area (Å²) in [4.78, 5) is 43.9. The number of imidazole rings is 1. The molecule has 37 heavy (non-hydrogen) atoms. The number of nitrogens with zero attached hydrogens (tertiary/aromatic N) is 3. The van der Waals surface area contributed by atoms with Gasteiger partial charge in [0.2, 0.25) is 0 Å². The van der Waals surface area contributed by atoms with Crippen molar-refractivity contribution in [3.8, 4) is 5.69 Å². The third-order valence-corrected chi connectivity index (χ3v) is 6.56. The Morgan fingerprint density at radius 2 is 1.92 bits per heavy atom. The van der Waals surface area contributed by atoms with Gasteiger partial charge in [0.05, 0.1) is 10.6 Å². The Morgan fingerprint density at radius 1 is 1.16 bits per heavy atom. The first-order chi connectivity index (χ1) is 17.7. The molecule has 1 saturated heterocycles. The Kier molecular flexibility index (Phi) is 8.20. The van der Waals surface area contributed by atoms with E-state index in [0.29, 0.717) is 30.4 Å². The molecule has 1 atom stereocenters. The molecule has 1 aliphatic rings. The molecule has 2 heterocycles. The fourth-order valence-electron chi connectivity index (χ4n) is 4.42. The lowest BCUT2D eigenvalue weighted by molar-refractivity contribution is 0.0920. The SMILES string of the molecule is CC1CCCN(CCNC(=O)c2c(C(N)=O)ncn2-c2ccc(NC(=O)c3ccc(F)cc3Cl)cc2)C1. The van der Waals surface area contributed by atoms with Crippen molar-refractivity contribution in [2.24, 2.45) is 11.7 Å². The summed E-state index contributed by atoms with van der Waals surface area (Å²) in [6, 6.07) is 10.1. The second kappa shape index (κ2) is 11.5. The Balaban J connectivity index is 1.47. The predicted octanol–water partition coefficient (Wildman–Crippen LogP) is 3.48. The van der Waals surface area contributed by atoms with Gasteiger partial charge in [-0.3, -0.25) is 19.0 Å². The number of carbonyl (C=O) groups is 3. The number of benzene rings is 2. The number of nitrogens with two attached hydrogens (primary N) is 1. The molecule has 0 bridgehead atoms. The third kappa shape index (κ3) is 6.33. The highest BCUT2D eigenvalue weighted by molar-refractivity contribution is 6.34. The summed E-state index contributed by atoms with van der Waals surface area (Å²) in [6.07, 6.45) is 3.71. The quantitative estimate of drug-likeness (QED) is 0.415. The van der Waals surface area contributed by atoms with Gasteiger partial charge in [-0.2, -0.15) is 0 Å². The lowest BCUT2D eigenvalue weighted by Crippen LogP contribution is -2.40. The number of likely N-dealkylation sites (tertiary alicyclic amines) is 1. The molecule has 1 aromatic heterocycles. The molecule has 3 aromatic rings. The van der Waals surface area contributed by atoms with E-state index in [1.54, 1.807) is 24.3 Å². The minimum absolute atomic E-state index is 0.00281. The molecule has 0 radical (unpaired) electrons. The van der Waals surface area contributed by atoms with Crippen LogP contribution in [0.15, 0.2) is 48.8 Å². The number of carbonyl (C=O) groups excluding carboxylic acids is 3. The molecule has 2 aromatic carbocycles. The van der Waals surface area contributed by atoms with E-state index in [1.165, 1.54) is 23.4 Å². The maximum Gasteiger partial charge on any atom is 0.270 e. The van der Waals surface area contributed by atoms with E-state index in [4.69, 9.17) is 17.3 Å². The Hall–Kier alpha value is -3.76. The molecule has 1 fully saturated rings. The van der Waals surface area contributed by atoms with Crippen LogP contribution in [-0.2, 0) is 0 Å². The molecule has 1 aliphatic heterocycles. The van der Waals surface area contributed by atoms with Crippen LogP contribution in [0, 0.1) is 11.7 Å². The van der Waals surface area contributed by atoms with Gasteiger partial charge < -0.3 is 21.3 Å². The van der Waals surface area contributed by atoms with Gasteiger partial charge in [-0.1, -0.05) is 18.5 Å². The fraction of sp³-hybridized carbons (Fsp3) is 0.308. The topological polar surface area (TPSA) is 122 Å². The van der Waals surface area contributed by atoms with Crippen molar-refractivity contribution in [3.05, 3.63) is 76.6 Å². The number of halogens is 2. The van der Waals surface area contributed by atoms with E-state index in [1.807, 2.05) is 0 Å². The van der Waals surface area contributed by atoms with Gasteiger partial charge in [-0.15, -0.1) is 0 Å². The van der Waals surface area contributed by atoms with E-state index >= 15 is 0 Å². The monoisotopic (exact) mass is 526 g/mol. The summed E-state index contributed by atoms with van der Waals surface area (Å²) in [5.41, 5.74) is 6.50. The van der Waals surface area contributed by atoms with Crippen molar-refractivity contribution in [2.45, 2.75) is 19.8 Å². The van der Waals surface area contributed by atoms with Crippen LogP contribution >= 0.6 is 11.6 Å². The van der Waals surface area contributed by atoms with Gasteiger partial charge in [0.1, 0.15) is 17.8 Å². The number of anilines is 1. The molecule has 0 spiro atoms. The summed E-state index contributed by atoms with van der Waals surface area (Å²) in [6.45, 7) is 5.35. The molecular formula is C26H28ClFN6O3. The zero-order valence-corrected chi connectivity index (χ0v) is 21.1. The lowest BCUT2D eigenvalue weighted by Gasteiger charge is -2.30. The van der Waals surface area contributed by atoms with E-state index < -0.39 is 23.5 Å². The maximum atomic E-state index is 13.3. The summed E-state index contributed by atoms with van der Waals surface area (Å²) < 4.78 is 14.7. The normalized spacial score (nSPS) is 15.8. The van der Waals surface area contributed by atoms with Crippen LogP contribution in [0.1, 0.15) is 51.1 Å². The Labute approximate surface area is 218 Å². The number of piperidine rings is 1. The predicted molar refractivity (Wildman–Crippen MR) is 139 cm³/mol. The number of primary amides is 1. The first-order valence-corrected chi connectivity index (χ1v) is 12.3. The van der Waals surface area contributed by atoms with Crippen molar-refractivity contribution in [3.63, 3.8) is 0 Å². The second-order valence-electron chi connectivity index (χ2n) is 9.11. The van der Waals surface area contributed by atoms with E-state index in [0.717, 1.165) is 31.6 Å². The number of aromatic nitrogens is 2. The van der Waals surface area contributed by atoms with E-state index in [9.17, 15) is 18.8 Å². The standard InChI is InChI=1S/C26H28ClFN6O3/c1-16-3-2-11-33(14-16)12-10-30-26(37)23-22(24(29)35)31-15-34(23)19-7-5-18(6-8-19)32-25(36)20-9-4-17(28)13-21(20)27/h4-9,13,15-16H,2-3,10-12,14H2,1H3,(H2,29,35)(H,30,37)(H,32,36). The number of nitrogens with one attached hydrogen (secondary N) is 2. The van der Waals surface area contributed by atoms with E-state index in [2.05, 4.69) is 27.4 Å². The number of rotatable bonds is 8. The first kappa shape index (κ1) is 26.3. The molecule has 0 aliphatic carbocycles. The van der Waals surface area contributed by atoms with E-state index in [-0.39, 0.29) is 22.0 Å². The second-order valence-corrected chi connectivity index (χ2v) is 9.51. The zero-order valence-electron chi connectivity index (χ0n) is 20.3. The van der Waals surface area contributed by atoms with Crippen molar-refractivity contribution < 1.29 is 18.8 Å². The van der Waals surface area contributed by atoms with Crippen LogP contribution in [0.4, 0.5) is 10.1 Å². The fourth-order valence-corrected chi connectivity index (χ4v) is 4.67. The van der Waals surface area contributed by atoms with Gasteiger partial charge in [-0.25, -0.2) is 9.37 Å². The zero-order chi connectivity index (χ0) is 26.5. The van der Waals surface area contributed by atoms with Gasteiger partial charge >= 0.3 is 0 Å². The highest BCUT2D eigenvalue weighted by Gasteiger charge is 2.24. The van der Waals surface area contributed by atoms with Crippen molar-refractivity contribution in [1.29, 1.82) is 0 Å². The molecule has 1 unspecified atom stereocenters. The molecule has 0 saturated carbocycles. The summed E-state index contributed by atoms with van der Waals surface area (Å²) in [5.74, 6) is -1.68. The van der Waals surface area contributed by atoms with Gasteiger partial charge in [-0.05, 0) is 67.8 Å². The summed E-state index contributed by atoms with van der Waals surface area (Å²) in [5, 5.41) is 5.56. The highest BCUT2D eigenvalue weighted by Crippen LogP contribution is 2.21. The third-order valence-electron chi connectivity index (χ3n) is 6.25. The first-order valence-electron chi connectivity index (χ1n) is 12.0. The molecular weight excluding hydrogens is 499 g/mol. The molecule has 9 nitrogen and oxygen atoms in total. The molecule has 4 N–H and O–H groups in total. The molecule has 3 amide bonds. The summed E-state index contributed by atoms with van der Waals surface area (Å²) in [7, 11) is 0. The van der Waals surface area contributed by atoms with Gasteiger partial charge in [0.15, 0.2) is 5.69 Å². The highest BCUT2D eigenvalue weighted by atomic mass is 35.5. The average Bonchev–Trinajstić information content (AvgIpc) is 3.30. The van der Waals surface area contributed by atoms with Crippen LogP contribution in [0.2, 0.25) is 5.02 Å². The smallest absolute Gasteiger partial charge is 0.270 e. The van der Waals surface area contributed by atoms with Crippen molar-refractivity contribution in [2.75, 3.05) is 31.5 Å². The minimum Gasteiger partial charge on any atom is -0.364 e. The van der Waals surface area contributed by atoms with Crippen LogP contribution in [0.25, 0.3) is 5.69 Å². The van der Waals surface area contributed by atoms with Crippen LogP contribution in [-0.4, -0.2) is 58.4 Å². The summed E-state index contributed by atoms with van der Waals surface area (Å²) >= 11 is 5.97. The average molecular weight is 527 g/mol. The van der Waals surface area contributed by atoms with Crippen molar-refractivity contribution in [1.82, 2.24) is 19.8 Å². The minimum atomic E-state index is -0.811. The Bertz CT molecular complexity index is 1310. The number of hydrogen-bond donors (Lipinski definition) is 3. The van der Waals surface area contributed by atoms with Gasteiger partial charge in [0, 0.05) is 31.0 Å². The van der Waals surface area contributed by atoms with Crippen LogP contribution in [0.5, 0.6) is 0 Å². The lowest BCUT2D eigenvalue weighted by atomic mass is 10.0. The van der Waals surface area contributed by atoms with Gasteiger partial charge in [0.25, 0.3) is 17.7 Å². The maximum absolute atomic E-state index is 13.3. The van der Waals surface area contributed by atoms with Crippen LogP contribution < -0.4 is 16.4 Å². The largest absolute Gasteiger partial charge is 0.364 e. The molecule has 11 heteroatoms. The Morgan fingerprint density at radius 3 is 2.59 bits per heavy atom. The van der Waals surface area contributed by atoms with Crippen molar-refractivity contribution >= 4 is 35.0 Å². The number of hydrogen-bond acceptors (Lipinski definition) is 5. The van der Waals surface area contributed by atoms with Crippen LogP contribution in [0.3, 0.4) is 0 Å². The molecule has 194 valence electrons. The number of amides is 3.